The number of halogens is 1. The molecule has 0 unspecified atom stereocenters. The largest absolute Gasteiger partial charge is 0.494 e. The van der Waals surface area contributed by atoms with E-state index in [2.05, 4.69) is 15.3 Å². The van der Waals surface area contributed by atoms with E-state index in [1.165, 1.54) is 7.11 Å². The predicted octanol–water partition coefficient (Wildman–Crippen LogP) is 4.07. The third-order valence-corrected chi connectivity index (χ3v) is 6.70. The summed E-state index contributed by atoms with van der Waals surface area (Å²) >= 11 is 6.62. The van der Waals surface area contributed by atoms with Crippen LogP contribution in [-0.2, 0) is 6.42 Å². The number of methoxy groups -OCH3 is 1. The number of allylic oxidation sites excluding steroid dienone is 2. The van der Waals surface area contributed by atoms with E-state index in [0.717, 1.165) is 47.2 Å². The normalized spacial score (nSPS) is 19.1. The number of carbonyl (C=O) groups is 1. The second kappa shape index (κ2) is 11.5. The van der Waals surface area contributed by atoms with Gasteiger partial charge in [-0.25, -0.2) is 0 Å². The highest BCUT2D eigenvalue weighted by atomic mass is 35.5. The molecule has 8 heteroatoms. The van der Waals surface area contributed by atoms with Gasteiger partial charge < -0.3 is 20.9 Å². The summed E-state index contributed by atoms with van der Waals surface area (Å²) in [6.45, 7) is 3.72. The number of hydrogen-bond donors (Lipinski definition) is 3. The highest BCUT2D eigenvalue weighted by molar-refractivity contribution is 6.33. The molecule has 1 aliphatic rings. The van der Waals surface area contributed by atoms with Crippen molar-refractivity contribution in [2.24, 2.45) is 10.7 Å². The van der Waals surface area contributed by atoms with E-state index in [9.17, 15) is 9.90 Å². The molecular weight excluding hydrogens is 452 g/mol. The topological polar surface area (TPSA) is 110 Å². The number of nitrogens with zero attached hydrogens (tertiary/aromatic N) is 2. The van der Waals surface area contributed by atoms with E-state index >= 15 is 0 Å². The number of nitrogens with two attached hydrogens (primary N) is 1. The molecule has 0 radical (unpaired) electrons. The smallest absolute Gasteiger partial charge is 0.255 e. The summed E-state index contributed by atoms with van der Waals surface area (Å²) in [4.78, 5) is 21.8. The zero-order chi connectivity index (χ0) is 24.8. The molecule has 2 atom stereocenters. The summed E-state index contributed by atoms with van der Waals surface area (Å²) in [6.07, 6.45) is 6.87. The van der Waals surface area contributed by atoms with Crippen LogP contribution >= 0.6 is 11.6 Å². The van der Waals surface area contributed by atoms with Gasteiger partial charge in [0.25, 0.3) is 5.91 Å². The molecular formula is C26H33ClN4O3. The van der Waals surface area contributed by atoms with E-state index in [4.69, 9.17) is 22.1 Å². The van der Waals surface area contributed by atoms with Gasteiger partial charge >= 0.3 is 0 Å². The van der Waals surface area contributed by atoms with Gasteiger partial charge in [0.05, 0.1) is 35.5 Å². The van der Waals surface area contributed by atoms with Gasteiger partial charge in [-0.15, -0.1) is 0 Å². The summed E-state index contributed by atoms with van der Waals surface area (Å²) < 4.78 is 5.49. The third kappa shape index (κ3) is 5.77. The van der Waals surface area contributed by atoms with Crippen molar-refractivity contribution in [1.29, 1.82) is 0 Å². The first-order valence-corrected chi connectivity index (χ1v) is 11.8. The molecule has 1 saturated carbocycles. The Morgan fingerprint density at radius 3 is 2.71 bits per heavy atom. The Kier molecular flexibility index (Phi) is 8.69. The standard InChI is InChI=1S/C26H33ClN4O3/c1-15-18(11-17-9-10-21(30-13-17)20(14-29-3)16(2)28)12-19(25(34-4)24(15)27)26(33)31-22-7-5-6-8-23(22)32/h9-10,12-14,22-23,32H,5-8,11,28H2,1-4H3,(H,31,33)/t22-,23-/m0/s1. The number of hydrogen-bond acceptors (Lipinski definition) is 6. The monoisotopic (exact) mass is 484 g/mol. The maximum absolute atomic E-state index is 13.1. The molecule has 1 aromatic carbocycles. The van der Waals surface area contributed by atoms with Crippen LogP contribution in [0.2, 0.25) is 5.02 Å². The minimum absolute atomic E-state index is 0.272. The van der Waals surface area contributed by atoms with E-state index in [1.54, 1.807) is 19.5 Å². The summed E-state index contributed by atoms with van der Waals surface area (Å²) in [6, 6.07) is 5.43. The van der Waals surface area contributed by atoms with Crippen molar-refractivity contribution in [2.45, 2.75) is 58.1 Å². The molecule has 0 spiro atoms. The Morgan fingerprint density at radius 1 is 1.38 bits per heavy atom. The fourth-order valence-electron chi connectivity index (χ4n) is 4.26. The lowest BCUT2D eigenvalue weighted by molar-refractivity contribution is 0.0715. The number of ether oxygens (including phenoxy) is 1. The van der Waals surface area contributed by atoms with Crippen LogP contribution in [-0.4, -0.2) is 48.5 Å². The molecule has 2 aromatic rings. The molecule has 0 saturated heterocycles. The third-order valence-electron chi connectivity index (χ3n) is 6.25. The van der Waals surface area contributed by atoms with Crippen LogP contribution in [0.4, 0.5) is 0 Å². The molecule has 4 N–H and O–H groups in total. The van der Waals surface area contributed by atoms with Crippen LogP contribution in [0.15, 0.2) is 35.1 Å². The Morgan fingerprint density at radius 2 is 2.12 bits per heavy atom. The van der Waals surface area contributed by atoms with E-state index in [-0.39, 0.29) is 11.9 Å². The summed E-state index contributed by atoms with van der Waals surface area (Å²) in [5.41, 5.74) is 11.2. The van der Waals surface area contributed by atoms with E-state index in [1.807, 2.05) is 32.0 Å². The molecule has 0 bridgehead atoms. The first-order valence-electron chi connectivity index (χ1n) is 11.5. The number of rotatable bonds is 7. The lowest BCUT2D eigenvalue weighted by atomic mass is 9.92. The molecule has 7 nitrogen and oxygen atoms in total. The Labute approximate surface area is 206 Å². The number of aliphatic imine (C=N–C) groups is 1. The highest BCUT2D eigenvalue weighted by Gasteiger charge is 2.27. The average Bonchev–Trinajstić information content (AvgIpc) is 2.82. The van der Waals surface area contributed by atoms with Gasteiger partial charge in [-0.1, -0.05) is 30.5 Å². The molecule has 34 heavy (non-hydrogen) atoms. The van der Waals surface area contributed by atoms with Crippen LogP contribution in [0.25, 0.3) is 5.57 Å². The summed E-state index contributed by atoms with van der Waals surface area (Å²) in [7, 11) is 3.19. The van der Waals surface area contributed by atoms with Crippen molar-refractivity contribution in [3.05, 3.63) is 63.1 Å². The molecule has 182 valence electrons. The Bertz CT molecular complexity index is 1090. The fourth-order valence-corrected chi connectivity index (χ4v) is 4.56. The zero-order valence-electron chi connectivity index (χ0n) is 20.2. The first kappa shape index (κ1) is 25.7. The number of aliphatic hydroxyl groups is 1. The van der Waals surface area contributed by atoms with Crippen molar-refractivity contribution in [1.82, 2.24) is 10.3 Å². The summed E-state index contributed by atoms with van der Waals surface area (Å²) in [5.74, 6) is 0.0396. The quantitative estimate of drug-likeness (QED) is 0.513. The molecule has 1 aromatic heterocycles. The van der Waals surface area contributed by atoms with Gasteiger partial charge in [0.1, 0.15) is 5.75 Å². The van der Waals surface area contributed by atoms with Gasteiger partial charge in [0, 0.05) is 30.7 Å². The number of benzene rings is 1. The number of carbonyl (C=O) groups excluding carboxylic acids is 1. The lowest BCUT2D eigenvalue weighted by Crippen LogP contribution is -2.45. The van der Waals surface area contributed by atoms with Crippen molar-refractivity contribution in [3.8, 4) is 5.75 Å². The average molecular weight is 485 g/mol. The minimum Gasteiger partial charge on any atom is -0.494 e. The lowest BCUT2D eigenvalue weighted by Gasteiger charge is -2.28. The molecule has 0 aliphatic heterocycles. The van der Waals surface area contributed by atoms with Crippen molar-refractivity contribution in [2.75, 3.05) is 14.2 Å². The van der Waals surface area contributed by atoms with Gasteiger partial charge in [0.15, 0.2) is 0 Å². The molecule has 1 heterocycles. The van der Waals surface area contributed by atoms with E-state index < -0.39 is 6.10 Å². The van der Waals surface area contributed by atoms with Crippen molar-refractivity contribution < 1.29 is 14.6 Å². The van der Waals surface area contributed by atoms with Gasteiger partial charge in [-0.3, -0.25) is 14.8 Å². The van der Waals surface area contributed by atoms with Crippen LogP contribution in [0.5, 0.6) is 5.75 Å². The molecule has 3 rings (SSSR count). The van der Waals surface area contributed by atoms with Gasteiger partial charge in [-0.05, 0) is 61.9 Å². The number of aliphatic hydroxyl groups excluding tert-OH is 1. The predicted molar refractivity (Wildman–Crippen MR) is 137 cm³/mol. The van der Waals surface area contributed by atoms with Crippen molar-refractivity contribution >= 4 is 29.3 Å². The van der Waals surface area contributed by atoms with E-state index in [0.29, 0.717) is 34.9 Å². The zero-order valence-corrected chi connectivity index (χ0v) is 20.9. The minimum atomic E-state index is -0.539. The number of nitrogens with one attached hydrogen (secondary N) is 1. The van der Waals surface area contributed by atoms with Gasteiger partial charge in [0.2, 0.25) is 0 Å². The SMILES string of the molecule is CN=CC(=C(C)N)c1ccc(Cc2cc(C(=O)N[C@H]3CCCC[C@@H]3O)c(OC)c(Cl)c2C)cn1. The second-order valence-electron chi connectivity index (χ2n) is 8.70. The number of amides is 1. The Balaban J connectivity index is 1.89. The maximum Gasteiger partial charge on any atom is 0.255 e. The summed E-state index contributed by atoms with van der Waals surface area (Å²) in [5, 5.41) is 13.6. The van der Waals surface area contributed by atoms with Crippen molar-refractivity contribution in [3.63, 3.8) is 0 Å². The van der Waals surface area contributed by atoms with Crippen LogP contribution in [0.1, 0.15) is 65.3 Å². The number of aromatic nitrogens is 1. The molecule has 1 amide bonds. The molecule has 1 fully saturated rings. The van der Waals surface area contributed by atoms with Crippen LogP contribution < -0.4 is 15.8 Å². The van der Waals surface area contributed by atoms with Crippen LogP contribution in [0.3, 0.4) is 0 Å². The number of pyridine rings is 1. The highest BCUT2D eigenvalue weighted by Crippen LogP contribution is 2.35. The van der Waals surface area contributed by atoms with Gasteiger partial charge in [-0.2, -0.15) is 0 Å². The fraction of sp³-hybridized carbons (Fsp3) is 0.423. The first-order chi connectivity index (χ1) is 16.3. The molecule has 1 aliphatic carbocycles. The second-order valence-corrected chi connectivity index (χ2v) is 9.08. The Hall–Kier alpha value is -2.90. The maximum atomic E-state index is 13.1. The van der Waals surface area contributed by atoms with Crippen LogP contribution in [0, 0.1) is 6.92 Å².